The van der Waals surface area contributed by atoms with Gasteiger partial charge in [-0.05, 0) is 18.3 Å². The van der Waals surface area contributed by atoms with Crippen LogP contribution in [0.5, 0.6) is 0 Å². The summed E-state index contributed by atoms with van der Waals surface area (Å²) in [4.78, 5) is 10.5. The first-order valence-electron chi connectivity index (χ1n) is 4.95. The Labute approximate surface area is 74.0 Å². The highest BCUT2D eigenvalue weighted by atomic mass is 16.4. The lowest BCUT2D eigenvalue weighted by Gasteiger charge is -2.29. The summed E-state index contributed by atoms with van der Waals surface area (Å²) in [7, 11) is 0. The summed E-state index contributed by atoms with van der Waals surface area (Å²) >= 11 is 0. The highest BCUT2D eigenvalue weighted by Crippen LogP contribution is 2.34. The van der Waals surface area contributed by atoms with Gasteiger partial charge < -0.3 is 5.11 Å². The van der Waals surface area contributed by atoms with E-state index >= 15 is 0 Å². The molecule has 0 bridgehead atoms. The Morgan fingerprint density at radius 1 is 1.33 bits per heavy atom. The van der Waals surface area contributed by atoms with Crippen molar-refractivity contribution in [3.63, 3.8) is 0 Å². The van der Waals surface area contributed by atoms with Crippen LogP contribution in [0.2, 0.25) is 0 Å². The fourth-order valence-electron chi connectivity index (χ4n) is 2.31. The van der Waals surface area contributed by atoms with Crippen LogP contribution in [0.1, 0.15) is 45.4 Å². The fourth-order valence-corrected chi connectivity index (χ4v) is 2.31. The predicted octanol–water partition coefficient (Wildman–Crippen LogP) is 2.68. The van der Waals surface area contributed by atoms with Gasteiger partial charge in [-0.15, -0.1) is 0 Å². The monoisotopic (exact) mass is 170 g/mol. The van der Waals surface area contributed by atoms with Crippen molar-refractivity contribution in [2.75, 3.05) is 0 Å². The maximum absolute atomic E-state index is 10.5. The second-order valence-electron chi connectivity index (χ2n) is 3.81. The molecule has 0 aliphatic heterocycles. The Balaban J connectivity index is 2.41. The topological polar surface area (TPSA) is 37.3 Å². The quantitative estimate of drug-likeness (QED) is 0.707. The maximum atomic E-state index is 10.5. The van der Waals surface area contributed by atoms with E-state index in [0.717, 1.165) is 12.8 Å². The molecule has 1 N–H and O–H groups in total. The number of aliphatic carboxylic acids is 1. The van der Waals surface area contributed by atoms with E-state index in [2.05, 4.69) is 6.92 Å². The first-order chi connectivity index (χ1) is 5.74. The minimum atomic E-state index is -0.625. The van der Waals surface area contributed by atoms with Gasteiger partial charge in [0.05, 0.1) is 0 Å². The zero-order valence-electron chi connectivity index (χ0n) is 7.75. The van der Waals surface area contributed by atoms with Crippen LogP contribution >= 0.6 is 0 Å². The fraction of sp³-hybridized carbons (Fsp3) is 0.900. The molecule has 1 aliphatic carbocycles. The van der Waals surface area contributed by atoms with E-state index in [1.165, 1.54) is 19.3 Å². The molecule has 0 aromatic rings. The Kier molecular flexibility index (Phi) is 3.57. The Morgan fingerprint density at radius 2 is 1.92 bits per heavy atom. The molecular formula is C10H18O2. The number of hydrogen-bond donors (Lipinski definition) is 1. The Hall–Kier alpha value is -0.530. The van der Waals surface area contributed by atoms with Gasteiger partial charge >= 0.3 is 5.97 Å². The highest BCUT2D eigenvalue weighted by Gasteiger charge is 2.25. The molecule has 12 heavy (non-hydrogen) atoms. The SMILES string of the molecule is CCC1CCCCC1CC(=O)O. The molecule has 0 aromatic carbocycles. The summed E-state index contributed by atoms with van der Waals surface area (Å²) in [5.41, 5.74) is 0. The third kappa shape index (κ3) is 2.50. The van der Waals surface area contributed by atoms with E-state index in [1.54, 1.807) is 0 Å². The van der Waals surface area contributed by atoms with Crippen LogP contribution in [0.25, 0.3) is 0 Å². The van der Waals surface area contributed by atoms with E-state index in [0.29, 0.717) is 18.3 Å². The van der Waals surface area contributed by atoms with E-state index in [1.807, 2.05) is 0 Å². The van der Waals surface area contributed by atoms with Crippen LogP contribution in [0.3, 0.4) is 0 Å². The van der Waals surface area contributed by atoms with Crippen molar-refractivity contribution in [2.45, 2.75) is 45.4 Å². The lowest BCUT2D eigenvalue weighted by atomic mass is 9.76. The third-order valence-corrected chi connectivity index (χ3v) is 3.03. The molecule has 70 valence electrons. The van der Waals surface area contributed by atoms with E-state index in [-0.39, 0.29) is 0 Å². The van der Waals surface area contributed by atoms with E-state index in [4.69, 9.17) is 5.11 Å². The zero-order valence-corrected chi connectivity index (χ0v) is 7.75. The molecular weight excluding hydrogens is 152 g/mol. The largest absolute Gasteiger partial charge is 0.481 e. The van der Waals surface area contributed by atoms with Crippen molar-refractivity contribution < 1.29 is 9.90 Å². The number of carboxylic acids is 1. The van der Waals surface area contributed by atoms with Crippen LogP contribution in [-0.4, -0.2) is 11.1 Å². The summed E-state index contributed by atoms with van der Waals surface area (Å²) in [5, 5.41) is 8.68. The number of carboxylic acid groups (broad SMARTS) is 1. The molecule has 0 amide bonds. The van der Waals surface area contributed by atoms with Gasteiger partial charge in [0.25, 0.3) is 0 Å². The molecule has 1 aliphatic rings. The van der Waals surface area contributed by atoms with Crippen LogP contribution in [0, 0.1) is 11.8 Å². The first-order valence-corrected chi connectivity index (χ1v) is 4.95. The second kappa shape index (κ2) is 4.48. The first kappa shape index (κ1) is 9.56. The Bertz CT molecular complexity index is 154. The third-order valence-electron chi connectivity index (χ3n) is 3.03. The molecule has 1 saturated carbocycles. The van der Waals surface area contributed by atoms with Crippen molar-refractivity contribution >= 4 is 5.97 Å². The van der Waals surface area contributed by atoms with Crippen molar-refractivity contribution in [1.29, 1.82) is 0 Å². The van der Waals surface area contributed by atoms with Crippen LogP contribution in [0.15, 0.2) is 0 Å². The molecule has 2 unspecified atom stereocenters. The molecule has 0 heterocycles. The van der Waals surface area contributed by atoms with Crippen LogP contribution in [0.4, 0.5) is 0 Å². The van der Waals surface area contributed by atoms with Crippen molar-refractivity contribution in [3.8, 4) is 0 Å². The van der Waals surface area contributed by atoms with Crippen molar-refractivity contribution in [3.05, 3.63) is 0 Å². The summed E-state index contributed by atoms with van der Waals surface area (Å²) in [5.74, 6) is 0.511. The molecule has 2 nitrogen and oxygen atoms in total. The number of rotatable bonds is 3. The van der Waals surface area contributed by atoms with Gasteiger partial charge in [0.1, 0.15) is 0 Å². The minimum absolute atomic E-state index is 0.387. The standard InChI is InChI=1S/C10H18O2/c1-2-8-5-3-4-6-9(8)7-10(11)12/h8-9H,2-7H2,1H3,(H,11,12). The van der Waals surface area contributed by atoms with Crippen LogP contribution < -0.4 is 0 Å². The predicted molar refractivity (Wildman–Crippen MR) is 48.0 cm³/mol. The van der Waals surface area contributed by atoms with E-state index < -0.39 is 5.97 Å². The number of carbonyl (C=O) groups is 1. The van der Waals surface area contributed by atoms with Gasteiger partial charge in [-0.1, -0.05) is 32.6 Å². The van der Waals surface area contributed by atoms with Gasteiger partial charge in [0.2, 0.25) is 0 Å². The molecule has 0 aromatic heterocycles. The lowest BCUT2D eigenvalue weighted by Crippen LogP contribution is -2.21. The average Bonchev–Trinajstić information content (AvgIpc) is 2.04. The van der Waals surface area contributed by atoms with Gasteiger partial charge in [0, 0.05) is 6.42 Å². The lowest BCUT2D eigenvalue weighted by molar-refractivity contribution is -0.138. The zero-order chi connectivity index (χ0) is 8.97. The molecule has 2 heteroatoms. The van der Waals surface area contributed by atoms with Crippen LogP contribution in [-0.2, 0) is 4.79 Å². The van der Waals surface area contributed by atoms with Gasteiger partial charge in [-0.25, -0.2) is 0 Å². The van der Waals surface area contributed by atoms with E-state index in [9.17, 15) is 4.79 Å². The van der Waals surface area contributed by atoms with Gasteiger partial charge in [0.15, 0.2) is 0 Å². The average molecular weight is 170 g/mol. The Morgan fingerprint density at radius 3 is 2.42 bits per heavy atom. The minimum Gasteiger partial charge on any atom is -0.481 e. The summed E-state index contributed by atoms with van der Waals surface area (Å²) < 4.78 is 0. The summed E-state index contributed by atoms with van der Waals surface area (Å²) in [6.07, 6.45) is 6.44. The second-order valence-corrected chi connectivity index (χ2v) is 3.81. The maximum Gasteiger partial charge on any atom is 0.303 e. The summed E-state index contributed by atoms with van der Waals surface area (Å²) in [6.45, 7) is 2.17. The van der Waals surface area contributed by atoms with Crippen molar-refractivity contribution in [1.82, 2.24) is 0 Å². The molecule has 1 rings (SSSR count). The van der Waals surface area contributed by atoms with Gasteiger partial charge in [-0.2, -0.15) is 0 Å². The number of hydrogen-bond acceptors (Lipinski definition) is 1. The normalized spacial score (nSPS) is 30.1. The van der Waals surface area contributed by atoms with Crippen molar-refractivity contribution in [2.24, 2.45) is 11.8 Å². The highest BCUT2D eigenvalue weighted by molar-refractivity contribution is 5.67. The molecule has 1 fully saturated rings. The summed E-state index contributed by atoms with van der Waals surface area (Å²) in [6, 6.07) is 0. The molecule has 0 radical (unpaired) electrons. The molecule has 2 atom stereocenters. The smallest absolute Gasteiger partial charge is 0.303 e. The molecule has 0 spiro atoms. The molecule has 0 saturated heterocycles. The van der Waals surface area contributed by atoms with Gasteiger partial charge in [-0.3, -0.25) is 4.79 Å².